The van der Waals surface area contributed by atoms with Crippen molar-refractivity contribution in [3.8, 4) is 34.2 Å². The number of anilines is 1. The predicted molar refractivity (Wildman–Crippen MR) is 148 cm³/mol. The fourth-order valence-corrected chi connectivity index (χ4v) is 4.59. The van der Waals surface area contributed by atoms with Crippen molar-refractivity contribution in [3.05, 3.63) is 59.5 Å². The van der Waals surface area contributed by atoms with Gasteiger partial charge in [0, 0.05) is 34.5 Å². The number of ether oxygens (including phenoxy) is 3. The fraction of sp³-hybridized carbons (Fsp3) is 0.296. The summed E-state index contributed by atoms with van der Waals surface area (Å²) >= 11 is 1.31. The normalized spacial score (nSPS) is 11.8. The quantitative estimate of drug-likeness (QED) is 0.265. The fourth-order valence-electron chi connectivity index (χ4n) is 3.86. The molecule has 0 fully saturated rings. The Morgan fingerprint density at radius 3 is 2.38 bits per heavy atom. The number of thiazole rings is 1. The van der Waals surface area contributed by atoms with Gasteiger partial charge in [-0.05, 0) is 30.2 Å². The van der Waals surface area contributed by atoms with Crippen molar-refractivity contribution in [2.75, 3.05) is 26.6 Å². The first kappa shape index (κ1) is 27.7. The molecule has 1 amide bonds. The number of aromatic nitrogens is 4. The molecular weight excluding hydrogens is 520 g/mol. The lowest BCUT2D eigenvalue weighted by atomic mass is 9.98. The van der Waals surface area contributed by atoms with E-state index in [1.807, 2.05) is 19.2 Å². The Hall–Kier alpha value is -4.29. The third-order valence-corrected chi connectivity index (χ3v) is 6.92. The molecule has 2 aromatic heterocycles. The number of amides is 1. The van der Waals surface area contributed by atoms with E-state index >= 15 is 0 Å². The average Bonchev–Trinajstić information content (AvgIpc) is 3.64. The molecule has 12 heteroatoms. The number of rotatable bonds is 11. The zero-order chi connectivity index (χ0) is 28.1. The van der Waals surface area contributed by atoms with Gasteiger partial charge in [0.05, 0.1) is 32.7 Å². The molecule has 0 aliphatic carbocycles. The lowest BCUT2D eigenvalue weighted by molar-refractivity contribution is -0.116. The lowest BCUT2D eigenvalue weighted by Crippen LogP contribution is -2.31. The van der Waals surface area contributed by atoms with Crippen LogP contribution in [-0.2, 0) is 4.79 Å². The summed E-state index contributed by atoms with van der Waals surface area (Å²) in [5, 5.41) is 9.35. The number of carbonyl (C=O) groups excluding carboxylic acids is 2. The van der Waals surface area contributed by atoms with Crippen molar-refractivity contribution in [3.63, 3.8) is 0 Å². The van der Waals surface area contributed by atoms with Gasteiger partial charge in [0.1, 0.15) is 12.7 Å². The van der Waals surface area contributed by atoms with E-state index in [4.69, 9.17) is 19.9 Å². The highest BCUT2D eigenvalue weighted by molar-refractivity contribution is 7.14. The molecule has 204 valence electrons. The molecular formula is C27H30N6O5S. The molecule has 0 unspecified atom stereocenters. The summed E-state index contributed by atoms with van der Waals surface area (Å²) in [7, 11) is 4.48. The second-order valence-electron chi connectivity index (χ2n) is 9.01. The minimum atomic E-state index is -0.279. The number of nitrogens with two attached hydrogens (primary N) is 1. The zero-order valence-corrected chi connectivity index (χ0v) is 23.1. The van der Waals surface area contributed by atoms with Gasteiger partial charge in [-0.15, -0.1) is 11.3 Å². The van der Waals surface area contributed by atoms with Crippen LogP contribution < -0.4 is 25.3 Å². The highest BCUT2D eigenvalue weighted by atomic mass is 32.1. The van der Waals surface area contributed by atoms with Gasteiger partial charge in [-0.3, -0.25) is 9.59 Å². The molecule has 1 atom stereocenters. The molecule has 0 saturated carbocycles. The molecule has 39 heavy (non-hydrogen) atoms. The SMILES string of the molecule is COc1cc(C(=O)c2ccc(-c3csc(NC(=O)C[C@@H](N)C(C)C)n3)cc2-n2cncn2)cc(OC)c1OC. The van der Waals surface area contributed by atoms with E-state index in [0.717, 1.165) is 5.56 Å². The summed E-state index contributed by atoms with van der Waals surface area (Å²) in [6.45, 7) is 3.95. The number of methoxy groups -OCH3 is 3. The Labute approximate surface area is 229 Å². The molecule has 0 saturated heterocycles. The Morgan fingerprint density at radius 1 is 1.08 bits per heavy atom. The van der Waals surface area contributed by atoms with Gasteiger partial charge in [0.25, 0.3) is 0 Å². The van der Waals surface area contributed by atoms with E-state index in [0.29, 0.717) is 44.9 Å². The number of hydrogen-bond donors (Lipinski definition) is 2. The zero-order valence-electron chi connectivity index (χ0n) is 22.3. The molecule has 4 aromatic rings. The minimum absolute atomic E-state index is 0.188. The van der Waals surface area contributed by atoms with Crippen molar-refractivity contribution in [1.29, 1.82) is 0 Å². The molecule has 0 radical (unpaired) electrons. The smallest absolute Gasteiger partial charge is 0.227 e. The van der Waals surface area contributed by atoms with E-state index < -0.39 is 0 Å². The average molecular weight is 551 g/mol. The van der Waals surface area contributed by atoms with Gasteiger partial charge >= 0.3 is 0 Å². The molecule has 0 bridgehead atoms. The third-order valence-electron chi connectivity index (χ3n) is 6.16. The largest absolute Gasteiger partial charge is 0.493 e. The Morgan fingerprint density at radius 2 is 1.79 bits per heavy atom. The maximum absolute atomic E-state index is 13.7. The van der Waals surface area contributed by atoms with E-state index in [1.165, 1.54) is 50.0 Å². The topological polar surface area (TPSA) is 143 Å². The second-order valence-corrected chi connectivity index (χ2v) is 9.87. The van der Waals surface area contributed by atoms with Crippen molar-refractivity contribution in [2.45, 2.75) is 26.3 Å². The lowest BCUT2D eigenvalue weighted by Gasteiger charge is -2.15. The Balaban J connectivity index is 1.68. The highest BCUT2D eigenvalue weighted by Gasteiger charge is 2.22. The maximum atomic E-state index is 13.7. The van der Waals surface area contributed by atoms with Crippen LogP contribution in [0.15, 0.2) is 48.4 Å². The predicted octanol–water partition coefficient (Wildman–Crippen LogP) is 3.96. The Bertz CT molecular complexity index is 1440. The Kier molecular flexibility index (Phi) is 8.57. The van der Waals surface area contributed by atoms with E-state index in [9.17, 15) is 9.59 Å². The first-order valence-electron chi connectivity index (χ1n) is 12.1. The summed E-state index contributed by atoms with van der Waals surface area (Å²) in [6.07, 6.45) is 3.11. The van der Waals surface area contributed by atoms with Crippen molar-refractivity contribution in [2.24, 2.45) is 11.7 Å². The first-order chi connectivity index (χ1) is 18.7. The van der Waals surface area contributed by atoms with E-state index in [1.54, 1.807) is 30.3 Å². The van der Waals surface area contributed by atoms with Gasteiger partial charge in [-0.1, -0.05) is 19.9 Å². The van der Waals surface area contributed by atoms with Crippen molar-refractivity contribution in [1.82, 2.24) is 19.7 Å². The molecule has 0 spiro atoms. The molecule has 0 aliphatic rings. The maximum Gasteiger partial charge on any atom is 0.227 e. The van der Waals surface area contributed by atoms with E-state index in [2.05, 4.69) is 20.4 Å². The van der Waals surface area contributed by atoms with Crippen LogP contribution in [0, 0.1) is 5.92 Å². The van der Waals surface area contributed by atoms with Gasteiger partial charge in [-0.2, -0.15) is 5.10 Å². The number of ketones is 1. The van der Waals surface area contributed by atoms with Crippen LogP contribution in [0.1, 0.15) is 36.2 Å². The third kappa shape index (κ3) is 6.07. The van der Waals surface area contributed by atoms with Crippen LogP contribution in [0.4, 0.5) is 5.13 Å². The van der Waals surface area contributed by atoms with E-state index in [-0.39, 0.29) is 30.1 Å². The standard InChI is InChI=1S/C27H30N6O5S/c1-15(2)19(28)11-24(34)32-27-31-20(12-39-27)16-6-7-18(21(8-16)33-14-29-13-30-33)25(35)17-9-22(36-3)26(38-5)23(10-17)37-4/h6-10,12-15,19H,11,28H2,1-5H3,(H,31,32,34)/t19-/m1/s1. The van der Waals surface area contributed by atoms with Crippen LogP contribution in [0.2, 0.25) is 0 Å². The number of nitrogens with one attached hydrogen (secondary N) is 1. The van der Waals surface area contributed by atoms with Crippen molar-refractivity contribution < 1.29 is 23.8 Å². The van der Waals surface area contributed by atoms with Gasteiger partial charge < -0.3 is 25.3 Å². The van der Waals surface area contributed by atoms with Crippen LogP contribution in [-0.4, -0.2) is 58.8 Å². The molecule has 11 nitrogen and oxygen atoms in total. The molecule has 3 N–H and O–H groups in total. The van der Waals surface area contributed by atoms with Crippen LogP contribution in [0.25, 0.3) is 16.9 Å². The number of nitrogens with zero attached hydrogens (tertiary/aromatic N) is 4. The number of benzene rings is 2. The number of hydrogen-bond acceptors (Lipinski definition) is 10. The van der Waals surface area contributed by atoms with Gasteiger partial charge in [0.15, 0.2) is 22.4 Å². The summed E-state index contributed by atoms with van der Waals surface area (Å²) in [5.41, 5.74) is 8.62. The minimum Gasteiger partial charge on any atom is -0.493 e. The number of carbonyl (C=O) groups is 2. The molecule has 0 aliphatic heterocycles. The molecule has 4 rings (SSSR count). The summed E-state index contributed by atoms with van der Waals surface area (Å²) < 4.78 is 17.7. The van der Waals surface area contributed by atoms with Crippen LogP contribution in [0.3, 0.4) is 0 Å². The summed E-state index contributed by atoms with van der Waals surface area (Å²) in [4.78, 5) is 34.7. The van der Waals surface area contributed by atoms with Crippen molar-refractivity contribution >= 4 is 28.2 Å². The summed E-state index contributed by atoms with van der Waals surface area (Å²) in [5.74, 6) is 0.849. The monoisotopic (exact) mass is 550 g/mol. The van der Waals surface area contributed by atoms with Gasteiger partial charge in [-0.25, -0.2) is 14.6 Å². The summed E-state index contributed by atoms with van der Waals surface area (Å²) in [6, 6.07) is 8.27. The van der Waals surface area contributed by atoms with Crippen LogP contribution in [0.5, 0.6) is 17.2 Å². The molecule has 2 heterocycles. The van der Waals surface area contributed by atoms with Gasteiger partial charge in [0.2, 0.25) is 11.7 Å². The first-order valence-corrected chi connectivity index (χ1v) is 13.0. The molecule has 2 aromatic carbocycles. The highest BCUT2D eigenvalue weighted by Crippen LogP contribution is 2.39. The van der Waals surface area contributed by atoms with Crippen LogP contribution >= 0.6 is 11.3 Å². The second kappa shape index (κ2) is 12.0.